The largest absolute Gasteiger partial charge is 0.463 e. The second-order valence-electron chi connectivity index (χ2n) is 5.27. The van der Waals surface area contributed by atoms with Gasteiger partial charge < -0.3 is 15.8 Å². The van der Waals surface area contributed by atoms with Crippen molar-refractivity contribution < 1.29 is 14.3 Å². The van der Waals surface area contributed by atoms with Crippen LogP contribution in [0.15, 0.2) is 0 Å². The van der Waals surface area contributed by atoms with E-state index in [1.54, 1.807) is 19.0 Å². The van der Waals surface area contributed by atoms with Gasteiger partial charge in [0, 0.05) is 5.54 Å². The molecule has 0 bridgehead atoms. The minimum absolute atomic E-state index is 0.103. The molecule has 0 aliphatic rings. The predicted octanol–water partition coefficient (Wildman–Crippen LogP) is -0.667. The van der Waals surface area contributed by atoms with Crippen molar-refractivity contribution in [2.24, 2.45) is 5.73 Å². The minimum Gasteiger partial charge on any atom is -0.463 e. The van der Waals surface area contributed by atoms with Crippen LogP contribution >= 0.6 is 0 Å². The summed E-state index contributed by atoms with van der Waals surface area (Å²) in [4.78, 5) is 24.5. The van der Waals surface area contributed by atoms with Gasteiger partial charge in [0.2, 0.25) is 5.91 Å². The highest BCUT2D eigenvalue weighted by atomic mass is 16.5. The molecule has 1 atom stereocenters. The zero-order valence-corrected chi connectivity index (χ0v) is 11.2. The van der Waals surface area contributed by atoms with Gasteiger partial charge >= 0.3 is 5.97 Å². The normalized spacial score (nSPS) is 13.4. The summed E-state index contributed by atoms with van der Waals surface area (Å²) in [6.07, 6.45) is 0. The van der Waals surface area contributed by atoms with Gasteiger partial charge in [0.25, 0.3) is 0 Å². The molecule has 0 aromatic rings. The Labute approximate surface area is 102 Å². The average molecular weight is 245 g/mol. The Bertz CT molecular complexity index is 272. The number of likely N-dealkylation sites (N-methyl/N-ethyl adjacent to an activating group) is 1. The molecule has 3 N–H and O–H groups in total. The molecule has 6 nitrogen and oxygen atoms in total. The lowest BCUT2D eigenvalue weighted by Gasteiger charge is -2.23. The minimum atomic E-state index is -0.833. The third kappa shape index (κ3) is 8.65. The zero-order valence-electron chi connectivity index (χ0n) is 11.2. The Morgan fingerprint density at radius 2 is 1.88 bits per heavy atom. The summed E-state index contributed by atoms with van der Waals surface area (Å²) in [5, 5.41) is 2.72. The molecule has 0 saturated carbocycles. The molecule has 0 spiro atoms. The first kappa shape index (κ1) is 15.9. The molecule has 6 heteroatoms. The highest BCUT2D eigenvalue weighted by Gasteiger charge is 2.20. The number of nitrogens with zero attached hydrogens (tertiary/aromatic N) is 1. The number of hydrogen-bond acceptors (Lipinski definition) is 5. The summed E-state index contributed by atoms with van der Waals surface area (Å²) < 4.78 is 4.88. The average Bonchev–Trinajstić information content (AvgIpc) is 2.10. The summed E-state index contributed by atoms with van der Waals surface area (Å²) in [7, 11) is 3.51. The topological polar surface area (TPSA) is 84.7 Å². The molecule has 0 aliphatic carbocycles. The van der Waals surface area contributed by atoms with Crippen LogP contribution in [0.1, 0.15) is 20.8 Å². The third-order valence-electron chi connectivity index (χ3n) is 1.70. The Morgan fingerprint density at radius 3 is 2.29 bits per heavy atom. The molecule has 1 amide bonds. The first-order valence-corrected chi connectivity index (χ1v) is 5.50. The Hall–Kier alpha value is -1.14. The van der Waals surface area contributed by atoms with Crippen LogP contribution in [0.3, 0.4) is 0 Å². The van der Waals surface area contributed by atoms with E-state index in [2.05, 4.69) is 5.32 Å². The van der Waals surface area contributed by atoms with Crippen LogP contribution < -0.4 is 11.1 Å². The van der Waals surface area contributed by atoms with Crippen LogP contribution in [0.25, 0.3) is 0 Å². The van der Waals surface area contributed by atoms with Gasteiger partial charge in [-0.2, -0.15) is 0 Å². The lowest BCUT2D eigenvalue weighted by atomic mass is 10.1. The van der Waals surface area contributed by atoms with Crippen LogP contribution in [-0.4, -0.2) is 55.6 Å². The summed E-state index contributed by atoms with van der Waals surface area (Å²) >= 11 is 0. The van der Waals surface area contributed by atoms with Crippen molar-refractivity contribution in [1.29, 1.82) is 0 Å². The second kappa shape index (κ2) is 6.56. The number of carbonyl (C=O) groups is 2. The highest BCUT2D eigenvalue weighted by molar-refractivity contribution is 5.82. The van der Waals surface area contributed by atoms with Gasteiger partial charge in [-0.15, -0.1) is 0 Å². The predicted molar refractivity (Wildman–Crippen MR) is 65.4 cm³/mol. The Balaban J connectivity index is 3.98. The first-order chi connectivity index (χ1) is 7.61. The smallest absolute Gasteiger partial charge is 0.320 e. The van der Waals surface area contributed by atoms with Gasteiger partial charge in [-0.25, -0.2) is 0 Å². The van der Waals surface area contributed by atoms with Gasteiger partial charge in [-0.05, 0) is 34.9 Å². The molecule has 0 rings (SSSR count). The maximum Gasteiger partial charge on any atom is 0.320 e. The van der Waals surface area contributed by atoms with E-state index < -0.39 is 12.0 Å². The molecule has 0 fully saturated rings. The number of nitrogens with one attached hydrogen (secondary N) is 1. The molecule has 0 aromatic carbocycles. The molecule has 0 aliphatic heterocycles. The van der Waals surface area contributed by atoms with Crippen molar-refractivity contribution >= 4 is 11.9 Å². The molecule has 17 heavy (non-hydrogen) atoms. The number of esters is 1. The fourth-order valence-electron chi connectivity index (χ4n) is 1.02. The van der Waals surface area contributed by atoms with E-state index in [0.29, 0.717) is 0 Å². The summed E-state index contributed by atoms with van der Waals surface area (Å²) in [5.41, 5.74) is 5.26. The lowest BCUT2D eigenvalue weighted by molar-refractivity contribution is -0.145. The number of rotatable bonds is 5. The van der Waals surface area contributed by atoms with Crippen molar-refractivity contribution in [2.45, 2.75) is 32.4 Å². The summed E-state index contributed by atoms with van der Waals surface area (Å²) in [6, 6.07) is -0.833. The maximum atomic E-state index is 11.6. The molecular formula is C11H23N3O3. The standard InChI is InChI=1S/C11H23N3O3/c1-11(2,3)13-10(16)8(12)7-17-9(15)6-14(4)5/h8H,6-7,12H2,1-5H3,(H,13,16)/t8-/m0/s1. The highest BCUT2D eigenvalue weighted by Crippen LogP contribution is 1.99. The molecule has 0 saturated heterocycles. The Morgan fingerprint density at radius 1 is 1.35 bits per heavy atom. The molecule has 0 aromatic heterocycles. The molecule has 0 radical (unpaired) electrons. The summed E-state index contributed by atoms with van der Waals surface area (Å²) in [6.45, 7) is 5.64. The van der Waals surface area contributed by atoms with Crippen molar-refractivity contribution in [3.05, 3.63) is 0 Å². The lowest BCUT2D eigenvalue weighted by Crippen LogP contribution is -2.51. The number of ether oxygens (including phenoxy) is 1. The van der Waals surface area contributed by atoms with Gasteiger partial charge in [0.1, 0.15) is 12.6 Å². The number of nitrogens with two attached hydrogens (primary N) is 1. The first-order valence-electron chi connectivity index (χ1n) is 5.50. The van der Waals surface area contributed by atoms with E-state index in [9.17, 15) is 9.59 Å². The molecule has 0 unspecified atom stereocenters. The van der Waals surface area contributed by atoms with E-state index in [0.717, 1.165) is 0 Å². The maximum absolute atomic E-state index is 11.6. The second-order valence-corrected chi connectivity index (χ2v) is 5.27. The van der Waals surface area contributed by atoms with Crippen molar-refractivity contribution in [1.82, 2.24) is 10.2 Å². The van der Waals surface area contributed by atoms with Crippen LogP contribution in [0.2, 0.25) is 0 Å². The number of carbonyl (C=O) groups excluding carboxylic acids is 2. The van der Waals surface area contributed by atoms with Crippen LogP contribution in [-0.2, 0) is 14.3 Å². The van der Waals surface area contributed by atoms with Crippen LogP contribution in [0.4, 0.5) is 0 Å². The van der Waals surface area contributed by atoms with Crippen molar-refractivity contribution in [3.63, 3.8) is 0 Å². The van der Waals surface area contributed by atoms with E-state index in [4.69, 9.17) is 10.5 Å². The SMILES string of the molecule is CN(C)CC(=O)OC[C@H](N)C(=O)NC(C)(C)C. The van der Waals surface area contributed by atoms with E-state index in [1.807, 2.05) is 20.8 Å². The zero-order chi connectivity index (χ0) is 13.6. The molecule has 100 valence electrons. The number of amides is 1. The number of hydrogen-bond donors (Lipinski definition) is 2. The van der Waals surface area contributed by atoms with Gasteiger partial charge in [-0.1, -0.05) is 0 Å². The Kier molecular flexibility index (Phi) is 6.12. The molecular weight excluding hydrogens is 222 g/mol. The van der Waals surface area contributed by atoms with Crippen LogP contribution in [0, 0.1) is 0 Å². The third-order valence-corrected chi connectivity index (χ3v) is 1.70. The van der Waals surface area contributed by atoms with Crippen molar-refractivity contribution in [3.8, 4) is 0 Å². The van der Waals surface area contributed by atoms with Crippen LogP contribution in [0.5, 0.6) is 0 Å². The fourth-order valence-corrected chi connectivity index (χ4v) is 1.02. The van der Waals surface area contributed by atoms with Gasteiger partial charge in [-0.3, -0.25) is 14.5 Å². The van der Waals surface area contributed by atoms with Gasteiger partial charge in [0.15, 0.2) is 0 Å². The van der Waals surface area contributed by atoms with E-state index in [-0.39, 0.29) is 24.6 Å². The monoisotopic (exact) mass is 245 g/mol. The summed E-state index contributed by atoms with van der Waals surface area (Å²) in [5.74, 6) is -0.718. The van der Waals surface area contributed by atoms with Crippen molar-refractivity contribution in [2.75, 3.05) is 27.2 Å². The van der Waals surface area contributed by atoms with Gasteiger partial charge in [0.05, 0.1) is 6.54 Å². The van der Waals surface area contributed by atoms with E-state index in [1.165, 1.54) is 0 Å². The quantitative estimate of drug-likeness (QED) is 0.628. The fraction of sp³-hybridized carbons (Fsp3) is 0.818. The molecule has 0 heterocycles. The van der Waals surface area contributed by atoms with E-state index >= 15 is 0 Å².